The van der Waals surface area contributed by atoms with Crippen molar-refractivity contribution in [3.05, 3.63) is 53.0 Å². The lowest BCUT2D eigenvalue weighted by molar-refractivity contribution is -0.00775. The number of aryl methyl sites for hydroxylation is 1. The first kappa shape index (κ1) is 17.0. The third-order valence-corrected chi connectivity index (χ3v) is 4.76. The number of ether oxygens (including phenoxy) is 2. The average molecular weight is 352 g/mol. The molecule has 1 aromatic heterocycles. The average Bonchev–Trinajstić information content (AvgIpc) is 2.68. The largest absolute Gasteiger partial charge is 0.489 e. The van der Waals surface area contributed by atoms with E-state index in [0.717, 1.165) is 48.3 Å². The van der Waals surface area contributed by atoms with Crippen LogP contribution in [0.3, 0.4) is 0 Å². The van der Waals surface area contributed by atoms with E-state index in [1.54, 1.807) is 0 Å². The maximum absolute atomic E-state index is 5.91. The number of hydrogen-bond donors (Lipinski definition) is 1. The summed E-state index contributed by atoms with van der Waals surface area (Å²) in [6.07, 6.45) is 2.24. The molecule has 0 radical (unpaired) electrons. The molecule has 1 unspecified atom stereocenters. The molecule has 1 fully saturated rings. The van der Waals surface area contributed by atoms with Gasteiger partial charge in [-0.2, -0.15) is 0 Å². The van der Waals surface area contributed by atoms with Gasteiger partial charge in [0.15, 0.2) is 0 Å². The highest BCUT2D eigenvalue weighted by Gasteiger charge is 2.28. The summed E-state index contributed by atoms with van der Waals surface area (Å²) < 4.78 is 11.6. The van der Waals surface area contributed by atoms with Crippen LogP contribution in [0.5, 0.6) is 5.75 Å². The minimum Gasteiger partial charge on any atom is -0.489 e. The summed E-state index contributed by atoms with van der Waals surface area (Å²) in [4.78, 5) is 11.7. The fraction of sp³-hybridized carbons (Fsp3) is 0.400. The highest BCUT2D eigenvalue weighted by molar-refractivity contribution is 5.62. The predicted molar refractivity (Wildman–Crippen MR) is 101 cm³/mol. The Morgan fingerprint density at radius 2 is 2.15 bits per heavy atom. The summed E-state index contributed by atoms with van der Waals surface area (Å²) in [5.74, 6) is 2.61. The molecule has 0 spiro atoms. The van der Waals surface area contributed by atoms with Gasteiger partial charge in [0.1, 0.15) is 24.0 Å². The lowest BCUT2D eigenvalue weighted by Crippen LogP contribution is -2.42. The van der Waals surface area contributed by atoms with Crippen LogP contribution in [0.25, 0.3) is 6.08 Å². The van der Waals surface area contributed by atoms with Gasteiger partial charge in [0.25, 0.3) is 0 Å². The zero-order chi connectivity index (χ0) is 17.9. The first-order valence-corrected chi connectivity index (χ1v) is 8.99. The molecule has 6 nitrogen and oxygen atoms in total. The van der Waals surface area contributed by atoms with Crippen molar-refractivity contribution in [3.8, 4) is 5.75 Å². The molecule has 2 aliphatic heterocycles. The minimum atomic E-state index is 0.0498. The summed E-state index contributed by atoms with van der Waals surface area (Å²) in [5, 5.41) is 3.11. The van der Waals surface area contributed by atoms with E-state index in [4.69, 9.17) is 9.47 Å². The topological polar surface area (TPSA) is 59.5 Å². The van der Waals surface area contributed by atoms with E-state index in [1.807, 2.05) is 38.2 Å². The van der Waals surface area contributed by atoms with Gasteiger partial charge in [-0.05, 0) is 24.6 Å². The van der Waals surface area contributed by atoms with Gasteiger partial charge in [0.05, 0.1) is 19.3 Å². The molecule has 6 heteroatoms. The molecule has 3 heterocycles. The molecule has 0 bridgehead atoms. The van der Waals surface area contributed by atoms with E-state index in [-0.39, 0.29) is 6.04 Å². The van der Waals surface area contributed by atoms with Gasteiger partial charge < -0.3 is 14.8 Å². The maximum Gasteiger partial charge on any atom is 0.150 e. The SMILES string of the molecule is CNc1cc(C)nc(C2COCCN2CC2=Cc3ccccc3OC2)n1. The van der Waals surface area contributed by atoms with Crippen molar-refractivity contribution in [3.63, 3.8) is 0 Å². The number of fused-ring (bicyclic) bond motifs is 1. The summed E-state index contributed by atoms with van der Waals surface area (Å²) in [6.45, 7) is 5.64. The molecule has 1 N–H and O–H groups in total. The molecule has 4 rings (SSSR count). The first-order valence-electron chi connectivity index (χ1n) is 8.99. The van der Waals surface area contributed by atoms with E-state index < -0.39 is 0 Å². The molecular weight excluding hydrogens is 328 g/mol. The second-order valence-electron chi connectivity index (χ2n) is 6.69. The molecule has 26 heavy (non-hydrogen) atoms. The standard InChI is InChI=1S/C20H24N4O2/c1-14-9-19(21-2)23-20(22-14)17-13-25-8-7-24(17)11-15-10-16-5-3-4-6-18(16)26-12-15/h3-6,9-10,17H,7-8,11-13H2,1-2H3,(H,21,22,23). The zero-order valence-electron chi connectivity index (χ0n) is 15.2. The van der Waals surface area contributed by atoms with Crippen LogP contribution in [-0.4, -0.2) is 54.8 Å². The van der Waals surface area contributed by atoms with E-state index in [9.17, 15) is 0 Å². The smallest absolute Gasteiger partial charge is 0.150 e. The van der Waals surface area contributed by atoms with E-state index >= 15 is 0 Å². The maximum atomic E-state index is 5.91. The van der Waals surface area contributed by atoms with Crippen molar-refractivity contribution >= 4 is 11.9 Å². The fourth-order valence-electron chi connectivity index (χ4n) is 3.45. The molecule has 0 amide bonds. The lowest BCUT2D eigenvalue weighted by Gasteiger charge is -2.35. The Morgan fingerprint density at radius 3 is 3.04 bits per heavy atom. The van der Waals surface area contributed by atoms with Gasteiger partial charge in [-0.3, -0.25) is 4.90 Å². The lowest BCUT2D eigenvalue weighted by atomic mass is 10.1. The van der Waals surface area contributed by atoms with Crippen molar-refractivity contribution in [2.75, 3.05) is 45.3 Å². The van der Waals surface area contributed by atoms with Crippen molar-refractivity contribution < 1.29 is 9.47 Å². The Bertz CT molecular complexity index is 821. The Labute approximate surface area is 153 Å². The molecule has 2 aliphatic rings. The van der Waals surface area contributed by atoms with Gasteiger partial charge in [-0.25, -0.2) is 9.97 Å². The number of nitrogens with zero attached hydrogens (tertiary/aromatic N) is 3. The number of morpholine rings is 1. The van der Waals surface area contributed by atoms with Crippen LogP contribution < -0.4 is 10.1 Å². The monoisotopic (exact) mass is 352 g/mol. The van der Waals surface area contributed by atoms with Gasteiger partial charge in [0, 0.05) is 37.5 Å². The second kappa shape index (κ2) is 7.43. The molecular formula is C20H24N4O2. The normalized spacial score (nSPS) is 20.1. The number of aromatic nitrogens is 2. The summed E-state index contributed by atoms with van der Waals surface area (Å²) in [6, 6.07) is 10.2. The van der Waals surface area contributed by atoms with Gasteiger partial charge >= 0.3 is 0 Å². The van der Waals surface area contributed by atoms with Crippen molar-refractivity contribution in [1.82, 2.24) is 14.9 Å². The predicted octanol–water partition coefficient (Wildman–Crippen LogP) is 2.68. The van der Waals surface area contributed by atoms with E-state index in [1.165, 1.54) is 5.57 Å². The molecule has 1 saturated heterocycles. The third-order valence-electron chi connectivity index (χ3n) is 4.76. The van der Waals surface area contributed by atoms with Crippen molar-refractivity contribution in [2.45, 2.75) is 13.0 Å². The second-order valence-corrected chi connectivity index (χ2v) is 6.69. The Morgan fingerprint density at radius 1 is 1.27 bits per heavy atom. The first-order chi connectivity index (χ1) is 12.7. The summed E-state index contributed by atoms with van der Waals surface area (Å²) >= 11 is 0. The van der Waals surface area contributed by atoms with Crippen LogP contribution in [0.2, 0.25) is 0 Å². The van der Waals surface area contributed by atoms with Crippen molar-refractivity contribution in [1.29, 1.82) is 0 Å². The number of rotatable bonds is 4. The van der Waals surface area contributed by atoms with Crippen LogP contribution >= 0.6 is 0 Å². The van der Waals surface area contributed by atoms with Gasteiger partial charge in [0.2, 0.25) is 0 Å². The Kier molecular flexibility index (Phi) is 4.86. The summed E-state index contributed by atoms with van der Waals surface area (Å²) in [7, 11) is 1.88. The zero-order valence-corrected chi connectivity index (χ0v) is 15.2. The van der Waals surface area contributed by atoms with E-state index in [0.29, 0.717) is 13.2 Å². The summed E-state index contributed by atoms with van der Waals surface area (Å²) in [5.41, 5.74) is 3.36. The minimum absolute atomic E-state index is 0.0498. The number of hydrogen-bond acceptors (Lipinski definition) is 6. The van der Waals surface area contributed by atoms with Gasteiger partial charge in [-0.1, -0.05) is 18.2 Å². The Hall–Kier alpha value is -2.44. The van der Waals surface area contributed by atoms with Crippen LogP contribution in [0.4, 0.5) is 5.82 Å². The van der Waals surface area contributed by atoms with Crippen molar-refractivity contribution in [2.24, 2.45) is 0 Å². The molecule has 1 aromatic carbocycles. The van der Waals surface area contributed by atoms with Crippen LogP contribution in [0, 0.1) is 6.92 Å². The fourth-order valence-corrected chi connectivity index (χ4v) is 3.45. The molecule has 0 aliphatic carbocycles. The number of benzene rings is 1. The van der Waals surface area contributed by atoms with Crippen LogP contribution in [-0.2, 0) is 4.74 Å². The van der Waals surface area contributed by atoms with Gasteiger partial charge in [-0.15, -0.1) is 0 Å². The highest BCUT2D eigenvalue weighted by Crippen LogP contribution is 2.29. The van der Waals surface area contributed by atoms with Crippen LogP contribution in [0.15, 0.2) is 35.9 Å². The molecule has 0 saturated carbocycles. The highest BCUT2D eigenvalue weighted by atomic mass is 16.5. The Balaban J connectivity index is 1.57. The number of nitrogens with one attached hydrogen (secondary N) is 1. The van der Waals surface area contributed by atoms with Crippen LogP contribution in [0.1, 0.15) is 23.1 Å². The number of para-hydroxylation sites is 1. The third kappa shape index (κ3) is 3.57. The number of anilines is 1. The molecule has 2 aromatic rings. The van der Waals surface area contributed by atoms with E-state index in [2.05, 4.69) is 32.3 Å². The molecule has 136 valence electrons. The molecule has 1 atom stereocenters. The quantitative estimate of drug-likeness (QED) is 0.913.